The standard InChI is InChI=1S/C19H15N3O4/c23-18-14-8-4-7-13-16(22(25)26)10-9-15(17(13)14)19(24)21(18)20-11-12-5-2-1-3-6-12/h1-2,4,7-12H,3,5-6H2/b20-11-/t12-/m1/s1. The number of carbonyl (C=O) groups excluding carboxylic acids is 2. The zero-order valence-corrected chi connectivity index (χ0v) is 13.8. The Morgan fingerprint density at radius 2 is 1.88 bits per heavy atom. The van der Waals surface area contributed by atoms with Crippen molar-refractivity contribution >= 4 is 34.5 Å². The molecule has 2 aliphatic rings. The molecule has 0 saturated heterocycles. The number of carbonyl (C=O) groups is 2. The summed E-state index contributed by atoms with van der Waals surface area (Å²) in [6.45, 7) is 0. The number of non-ortho nitro benzene ring substituents is 1. The van der Waals surface area contributed by atoms with E-state index in [0.29, 0.717) is 5.39 Å². The summed E-state index contributed by atoms with van der Waals surface area (Å²) in [6.07, 6.45) is 8.52. The second-order valence-electron chi connectivity index (χ2n) is 6.35. The van der Waals surface area contributed by atoms with Crippen molar-refractivity contribution in [1.82, 2.24) is 5.01 Å². The van der Waals surface area contributed by atoms with Crippen LogP contribution in [0.5, 0.6) is 0 Å². The van der Waals surface area contributed by atoms with Crippen molar-refractivity contribution in [1.29, 1.82) is 0 Å². The predicted octanol–water partition coefficient (Wildman–Crippen LogP) is 3.69. The Morgan fingerprint density at radius 3 is 2.58 bits per heavy atom. The fraction of sp³-hybridized carbons (Fsp3) is 0.211. The van der Waals surface area contributed by atoms with Crippen molar-refractivity contribution in [3.8, 4) is 0 Å². The molecule has 0 unspecified atom stereocenters. The van der Waals surface area contributed by atoms with Gasteiger partial charge in [-0.05, 0) is 43.4 Å². The van der Waals surface area contributed by atoms with Gasteiger partial charge in [-0.15, -0.1) is 0 Å². The largest absolute Gasteiger partial charge is 0.282 e. The van der Waals surface area contributed by atoms with E-state index in [1.807, 2.05) is 0 Å². The minimum absolute atomic E-state index is 0.128. The lowest BCUT2D eigenvalue weighted by Crippen LogP contribution is -2.36. The van der Waals surface area contributed by atoms with Crippen LogP contribution in [-0.2, 0) is 0 Å². The number of nitro benzene ring substituents is 1. The third kappa shape index (κ3) is 2.48. The van der Waals surface area contributed by atoms with Crippen molar-refractivity contribution < 1.29 is 14.5 Å². The Balaban J connectivity index is 1.79. The molecule has 7 nitrogen and oxygen atoms in total. The maximum absolute atomic E-state index is 12.8. The van der Waals surface area contributed by atoms with Gasteiger partial charge in [-0.1, -0.05) is 18.2 Å². The number of imide groups is 1. The highest BCUT2D eigenvalue weighted by Gasteiger charge is 2.34. The number of hydrazone groups is 1. The fourth-order valence-electron chi connectivity index (χ4n) is 3.45. The Kier molecular flexibility index (Phi) is 3.84. The number of allylic oxidation sites excluding steroid dienone is 2. The Morgan fingerprint density at radius 1 is 1.12 bits per heavy atom. The first-order valence-electron chi connectivity index (χ1n) is 8.36. The van der Waals surface area contributed by atoms with E-state index in [4.69, 9.17) is 0 Å². The van der Waals surface area contributed by atoms with E-state index >= 15 is 0 Å². The first kappa shape index (κ1) is 16.1. The van der Waals surface area contributed by atoms with Gasteiger partial charge in [0.2, 0.25) is 0 Å². The summed E-state index contributed by atoms with van der Waals surface area (Å²) < 4.78 is 0. The number of hydrogen-bond acceptors (Lipinski definition) is 5. The minimum atomic E-state index is -0.559. The van der Waals surface area contributed by atoms with Crippen molar-refractivity contribution in [2.24, 2.45) is 11.0 Å². The molecule has 0 radical (unpaired) electrons. The topological polar surface area (TPSA) is 92.9 Å². The molecule has 0 spiro atoms. The molecule has 1 aliphatic heterocycles. The van der Waals surface area contributed by atoms with Crippen molar-refractivity contribution in [3.05, 3.63) is 63.7 Å². The first-order chi connectivity index (χ1) is 12.6. The minimum Gasteiger partial charge on any atom is -0.267 e. The van der Waals surface area contributed by atoms with Crippen LogP contribution in [-0.4, -0.2) is 28.0 Å². The lowest BCUT2D eigenvalue weighted by Gasteiger charge is -2.23. The molecule has 1 atom stereocenters. The smallest absolute Gasteiger partial charge is 0.267 e. The molecular formula is C19H15N3O4. The van der Waals surface area contributed by atoms with E-state index in [-0.39, 0.29) is 28.1 Å². The zero-order valence-electron chi connectivity index (χ0n) is 13.8. The number of benzene rings is 2. The molecule has 0 aromatic heterocycles. The van der Waals surface area contributed by atoms with Crippen molar-refractivity contribution in [2.45, 2.75) is 19.3 Å². The van der Waals surface area contributed by atoms with Crippen LogP contribution in [0, 0.1) is 16.0 Å². The van der Waals surface area contributed by atoms with Gasteiger partial charge in [0.1, 0.15) is 0 Å². The lowest BCUT2D eigenvalue weighted by molar-refractivity contribution is -0.383. The van der Waals surface area contributed by atoms with E-state index in [9.17, 15) is 19.7 Å². The summed E-state index contributed by atoms with van der Waals surface area (Å²) in [6, 6.07) is 7.38. The molecular weight excluding hydrogens is 334 g/mol. The Labute approximate surface area is 148 Å². The molecule has 1 heterocycles. The van der Waals surface area contributed by atoms with Crippen LogP contribution >= 0.6 is 0 Å². The lowest BCUT2D eigenvalue weighted by atomic mass is 9.94. The van der Waals surface area contributed by atoms with Gasteiger partial charge in [0.25, 0.3) is 17.5 Å². The quantitative estimate of drug-likeness (QED) is 0.278. The van der Waals surface area contributed by atoms with Crippen LogP contribution in [0.15, 0.2) is 47.6 Å². The highest BCUT2D eigenvalue weighted by atomic mass is 16.6. The average Bonchev–Trinajstić information content (AvgIpc) is 2.66. The Hall–Kier alpha value is -3.35. The monoisotopic (exact) mass is 349 g/mol. The molecule has 0 fully saturated rings. The number of amides is 2. The SMILES string of the molecule is O=C1c2cccc3c([N+](=O)[O-])ccc(c23)C(=O)N1/N=C\[C@@H]1CC=CCC1. The van der Waals surface area contributed by atoms with E-state index < -0.39 is 16.7 Å². The second-order valence-corrected chi connectivity index (χ2v) is 6.35. The van der Waals surface area contributed by atoms with Crippen LogP contribution in [0.3, 0.4) is 0 Å². The highest BCUT2D eigenvalue weighted by Crippen LogP contribution is 2.35. The van der Waals surface area contributed by atoms with Gasteiger partial charge in [0.15, 0.2) is 0 Å². The van der Waals surface area contributed by atoms with Crippen molar-refractivity contribution in [2.75, 3.05) is 0 Å². The van der Waals surface area contributed by atoms with Gasteiger partial charge in [0.05, 0.1) is 21.4 Å². The third-order valence-corrected chi connectivity index (χ3v) is 4.76. The van der Waals surface area contributed by atoms with Crippen LogP contribution < -0.4 is 0 Å². The van der Waals surface area contributed by atoms with E-state index in [1.165, 1.54) is 12.1 Å². The normalized spacial score (nSPS) is 19.5. The molecule has 0 bridgehead atoms. The van der Waals surface area contributed by atoms with Gasteiger partial charge in [-0.2, -0.15) is 10.1 Å². The maximum atomic E-state index is 12.8. The molecule has 2 amide bonds. The summed E-state index contributed by atoms with van der Waals surface area (Å²) in [4.78, 5) is 36.3. The van der Waals surface area contributed by atoms with Gasteiger partial charge >= 0.3 is 0 Å². The number of hydrogen-bond donors (Lipinski definition) is 0. The maximum Gasteiger partial charge on any atom is 0.282 e. The van der Waals surface area contributed by atoms with Crippen LogP contribution in [0.2, 0.25) is 0 Å². The van der Waals surface area contributed by atoms with E-state index in [1.54, 1.807) is 24.4 Å². The predicted molar refractivity (Wildman–Crippen MR) is 96.1 cm³/mol. The number of nitro groups is 1. The molecule has 4 rings (SSSR count). The second kappa shape index (κ2) is 6.18. The van der Waals surface area contributed by atoms with E-state index in [2.05, 4.69) is 17.3 Å². The number of nitrogens with zero attached hydrogens (tertiary/aromatic N) is 3. The molecule has 0 saturated carbocycles. The molecule has 7 heteroatoms. The Bertz CT molecular complexity index is 987. The van der Waals surface area contributed by atoms with Crippen LogP contribution in [0.4, 0.5) is 5.69 Å². The number of rotatable bonds is 3. The summed E-state index contributed by atoms with van der Waals surface area (Å²) in [7, 11) is 0. The van der Waals surface area contributed by atoms with Gasteiger partial charge in [0, 0.05) is 17.7 Å². The molecule has 26 heavy (non-hydrogen) atoms. The highest BCUT2D eigenvalue weighted by molar-refractivity contribution is 6.26. The molecule has 0 N–H and O–H groups in total. The van der Waals surface area contributed by atoms with Crippen LogP contribution in [0.25, 0.3) is 10.8 Å². The van der Waals surface area contributed by atoms with Crippen molar-refractivity contribution in [3.63, 3.8) is 0 Å². The van der Waals surface area contributed by atoms with Gasteiger partial charge in [-0.3, -0.25) is 19.7 Å². The average molecular weight is 349 g/mol. The molecule has 130 valence electrons. The molecule has 2 aromatic rings. The van der Waals surface area contributed by atoms with Crippen LogP contribution in [0.1, 0.15) is 40.0 Å². The summed E-state index contributed by atoms with van der Waals surface area (Å²) in [5.41, 5.74) is 0.375. The molecule has 2 aromatic carbocycles. The third-order valence-electron chi connectivity index (χ3n) is 4.76. The fourth-order valence-corrected chi connectivity index (χ4v) is 3.45. The zero-order chi connectivity index (χ0) is 18.3. The van der Waals surface area contributed by atoms with Gasteiger partial charge in [-0.25, -0.2) is 0 Å². The summed E-state index contributed by atoms with van der Waals surface area (Å²) >= 11 is 0. The summed E-state index contributed by atoms with van der Waals surface area (Å²) in [5.74, 6) is -0.929. The first-order valence-corrected chi connectivity index (χ1v) is 8.36. The summed E-state index contributed by atoms with van der Waals surface area (Å²) in [5, 5.41) is 16.9. The van der Waals surface area contributed by atoms with E-state index in [0.717, 1.165) is 24.3 Å². The molecule has 1 aliphatic carbocycles. The van der Waals surface area contributed by atoms with Gasteiger partial charge < -0.3 is 0 Å².